The van der Waals surface area contributed by atoms with E-state index in [1.807, 2.05) is 0 Å². The molecule has 3 nitrogen and oxygen atoms in total. The van der Waals surface area contributed by atoms with Crippen LogP contribution < -0.4 is 0 Å². The lowest BCUT2D eigenvalue weighted by Gasteiger charge is -2.06. The minimum absolute atomic E-state index is 0.237. The first kappa shape index (κ1) is 21.9. The molecule has 0 aliphatic heterocycles. The zero-order valence-electron chi connectivity index (χ0n) is 14.9. The van der Waals surface area contributed by atoms with Gasteiger partial charge in [-0.15, -0.1) is 18.4 Å². The fourth-order valence-corrected chi connectivity index (χ4v) is 1.78. The van der Waals surface area contributed by atoms with Gasteiger partial charge in [-0.3, -0.25) is 4.79 Å². The summed E-state index contributed by atoms with van der Waals surface area (Å²) in [5.74, 6) is 16.9. The topological polar surface area (TPSA) is 46.5 Å². The molecule has 0 radical (unpaired) electrons. The molecule has 2 unspecified atom stereocenters. The van der Waals surface area contributed by atoms with Gasteiger partial charge in [-0.2, -0.15) is 0 Å². The molecule has 0 amide bonds. The number of unbranched alkanes of at least 4 members (excludes halogenated alkanes) is 4. The van der Waals surface area contributed by atoms with Crippen molar-refractivity contribution < 1.29 is 14.6 Å². The predicted molar refractivity (Wildman–Crippen MR) is 97.6 cm³/mol. The maximum Gasteiger partial charge on any atom is 0.305 e. The predicted octanol–water partition coefficient (Wildman–Crippen LogP) is 3.47. The molecule has 2 atom stereocenters. The average Bonchev–Trinajstić information content (AvgIpc) is 2.59. The van der Waals surface area contributed by atoms with Crippen molar-refractivity contribution in [2.45, 2.75) is 64.4 Å². The van der Waals surface area contributed by atoms with E-state index in [-0.39, 0.29) is 5.97 Å². The van der Waals surface area contributed by atoms with Crippen molar-refractivity contribution in [1.82, 2.24) is 0 Å². The van der Waals surface area contributed by atoms with Crippen LogP contribution in [0, 0.1) is 41.4 Å². The number of aliphatic hydroxyl groups is 1. The van der Waals surface area contributed by atoms with Crippen LogP contribution in [0.15, 0.2) is 12.7 Å². The Balaban J connectivity index is 4.17. The van der Waals surface area contributed by atoms with Gasteiger partial charge in [0.05, 0.1) is 19.4 Å². The van der Waals surface area contributed by atoms with E-state index in [0.29, 0.717) is 25.7 Å². The molecule has 0 bridgehead atoms. The van der Waals surface area contributed by atoms with Crippen molar-refractivity contribution in [3.8, 4) is 35.5 Å². The van der Waals surface area contributed by atoms with E-state index in [1.54, 1.807) is 6.08 Å². The fraction of sp³-hybridized carbons (Fsp3) is 0.571. The van der Waals surface area contributed by atoms with Crippen molar-refractivity contribution in [1.29, 1.82) is 0 Å². The normalized spacial score (nSPS) is 11.5. The Labute approximate surface area is 146 Å². The monoisotopic (exact) mass is 328 g/mol. The van der Waals surface area contributed by atoms with Crippen LogP contribution in [0.3, 0.4) is 0 Å². The van der Waals surface area contributed by atoms with Crippen LogP contribution in [-0.2, 0) is 9.53 Å². The molecule has 1 N–H and O–H groups in total. The number of carbonyl (C=O) groups excluding carboxylic acids is 1. The number of hydrogen-bond donors (Lipinski definition) is 1. The van der Waals surface area contributed by atoms with Crippen LogP contribution in [0.4, 0.5) is 0 Å². The molecule has 0 aromatic heterocycles. The summed E-state index contributed by atoms with van der Waals surface area (Å²) in [6, 6.07) is 0. The molecule has 130 valence electrons. The quantitative estimate of drug-likeness (QED) is 0.321. The van der Waals surface area contributed by atoms with E-state index < -0.39 is 12.0 Å². The van der Waals surface area contributed by atoms with Crippen molar-refractivity contribution >= 4 is 5.97 Å². The second-order valence-corrected chi connectivity index (χ2v) is 5.27. The molecule has 0 aromatic rings. The van der Waals surface area contributed by atoms with Gasteiger partial charge >= 0.3 is 5.97 Å². The van der Waals surface area contributed by atoms with Gasteiger partial charge < -0.3 is 9.84 Å². The Morgan fingerprint density at radius 2 is 1.88 bits per heavy atom. The smallest absolute Gasteiger partial charge is 0.305 e. The van der Waals surface area contributed by atoms with Crippen LogP contribution in [0.1, 0.15) is 58.3 Å². The zero-order valence-corrected chi connectivity index (χ0v) is 14.9. The zero-order chi connectivity index (χ0) is 18.0. The number of aliphatic hydroxyl groups excluding tert-OH is 1. The van der Waals surface area contributed by atoms with Gasteiger partial charge in [0.15, 0.2) is 0 Å². The molecule has 0 saturated heterocycles. The summed E-state index contributed by atoms with van der Waals surface area (Å²) in [5, 5.41) is 9.99. The summed E-state index contributed by atoms with van der Waals surface area (Å²) >= 11 is 0. The van der Waals surface area contributed by atoms with Crippen molar-refractivity contribution in [3.05, 3.63) is 12.7 Å². The van der Waals surface area contributed by atoms with Crippen LogP contribution in [0.5, 0.6) is 0 Å². The molecule has 0 fully saturated rings. The van der Waals surface area contributed by atoms with E-state index in [4.69, 9.17) is 0 Å². The SMILES string of the molecule is C=CC(C#CCCCC(=O)OC)C(O)C#CCC#CCCCCC. The van der Waals surface area contributed by atoms with Crippen LogP contribution in [0.25, 0.3) is 0 Å². The molecule has 0 aliphatic carbocycles. The van der Waals surface area contributed by atoms with Gasteiger partial charge in [0.2, 0.25) is 0 Å². The number of carbonyl (C=O) groups is 1. The molecule has 0 aromatic carbocycles. The third kappa shape index (κ3) is 12.4. The number of rotatable bonds is 8. The number of hydrogen-bond acceptors (Lipinski definition) is 3. The Hall–Kier alpha value is -2.15. The number of methoxy groups -OCH3 is 1. The summed E-state index contributed by atoms with van der Waals surface area (Å²) in [5.41, 5.74) is 0. The molecule has 24 heavy (non-hydrogen) atoms. The third-order valence-corrected chi connectivity index (χ3v) is 3.23. The molecule has 3 heteroatoms. The first-order valence-electron chi connectivity index (χ1n) is 8.45. The van der Waals surface area contributed by atoms with Crippen LogP contribution in [-0.4, -0.2) is 24.3 Å². The molecular formula is C21H28O3. The molecule has 0 rings (SSSR count). The van der Waals surface area contributed by atoms with Gasteiger partial charge in [-0.25, -0.2) is 0 Å². The van der Waals surface area contributed by atoms with Crippen LogP contribution in [0.2, 0.25) is 0 Å². The summed E-state index contributed by atoms with van der Waals surface area (Å²) in [6.07, 6.45) is 7.18. The fourth-order valence-electron chi connectivity index (χ4n) is 1.78. The van der Waals surface area contributed by atoms with Crippen molar-refractivity contribution in [3.63, 3.8) is 0 Å². The van der Waals surface area contributed by atoms with E-state index in [0.717, 1.165) is 12.8 Å². The standard InChI is InChI=1S/C21H28O3/c1-4-6-7-8-9-10-11-14-17-20(22)19(5-2)16-13-12-15-18-21(23)24-3/h5,19-20,22H,2,4,6-8,11-12,15,18H2,1,3H3. The third-order valence-electron chi connectivity index (χ3n) is 3.23. The number of esters is 1. The minimum Gasteiger partial charge on any atom is -0.469 e. The van der Waals surface area contributed by atoms with Gasteiger partial charge in [0.1, 0.15) is 6.10 Å². The van der Waals surface area contributed by atoms with Gasteiger partial charge in [0.25, 0.3) is 0 Å². The molecule has 0 saturated carbocycles. The first-order valence-corrected chi connectivity index (χ1v) is 8.45. The summed E-state index contributed by atoms with van der Waals surface area (Å²) in [4.78, 5) is 11.0. The highest BCUT2D eigenvalue weighted by atomic mass is 16.5. The minimum atomic E-state index is -0.863. The highest BCUT2D eigenvalue weighted by Crippen LogP contribution is 2.04. The Morgan fingerprint density at radius 1 is 1.12 bits per heavy atom. The Kier molecular flexibility index (Phi) is 14.3. The Morgan fingerprint density at radius 3 is 2.54 bits per heavy atom. The lowest BCUT2D eigenvalue weighted by molar-refractivity contribution is -0.140. The average molecular weight is 328 g/mol. The Bertz CT molecular complexity index is 543. The summed E-state index contributed by atoms with van der Waals surface area (Å²) in [7, 11) is 1.37. The van der Waals surface area contributed by atoms with Gasteiger partial charge in [-0.05, 0) is 12.8 Å². The molecule has 0 aliphatic rings. The second-order valence-electron chi connectivity index (χ2n) is 5.27. The molecular weight excluding hydrogens is 300 g/mol. The maximum atomic E-state index is 11.0. The van der Waals surface area contributed by atoms with Crippen molar-refractivity contribution in [2.75, 3.05) is 7.11 Å². The first-order chi connectivity index (χ1) is 11.7. The largest absolute Gasteiger partial charge is 0.469 e. The lowest BCUT2D eigenvalue weighted by atomic mass is 10.0. The van der Waals surface area contributed by atoms with E-state index in [2.05, 4.69) is 53.8 Å². The van der Waals surface area contributed by atoms with E-state index >= 15 is 0 Å². The van der Waals surface area contributed by atoms with Crippen molar-refractivity contribution in [2.24, 2.45) is 5.92 Å². The van der Waals surface area contributed by atoms with Crippen LogP contribution >= 0.6 is 0 Å². The number of ether oxygens (including phenoxy) is 1. The molecule has 0 heterocycles. The van der Waals surface area contributed by atoms with E-state index in [1.165, 1.54) is 20.0 Å². The highest BCUT2D eigenvalue weighted by Gasteiger charge is 2.09. The second kappa shape index (κ2) is 15.7. The summed E-state index contributed by atoms with van der Waals surface area (Å²) in [6.45, 7) is 5.84. The van der Waals surface area contributed by atoms with E-state index in [9.17, 15) is 9.90 Å². The maximum absolute atomic E-state index is 11.0. The lowest BCUT2D eigenvalue weighted by Crippen LogP contribution is -2.14. The molecule has 0 spiro atoms. The summed E-state index contributed by atoms with van der Waals surface area (Å²) < 4.78 is 4.56. The van der Waals surface area contributed by atoms with Gasteiger partial charge in [0, 0.05) is 19.3 Å². The highest BCUT2D eigenvalue weighted by molar-refractivity contribution is 5.69. The van der Waals surface area contributed by atoms with Gasteiger partial charge in [-0.1, -0.05) is 49.5 Å².